The summed E-state index contributed by atoms with van der Waals surface area (Å²) in [5, 5.41) is 7.68. The summed E-state index contributed by atoms with van der Waals surface area (Å²) in [4.78, 5) is 5.66. The van der Waals surface area contributed by atoms with Crippen molar-refractivity contribution in [2.45, 2.75) is 52.0 Å². The maximum Gasteiger partial charge on any atom is 0.244 e. The molecule has 6 nitrogen and oxygen atoms in total. The van der Waals surface area contributed by atoms with Gasteiger partial charge in [-0.3, -0.25) is 5.10 Å². The number of hydrogen-bond acceptors (Lipinski definition) is 5. The minimum absolute atomic E-state index is 0.235. The quantitative estimate of drug-likeness (QED) is 0.851. The number of nitrogens with zero attached hydrogens (tertiary/aromatic N) is 2. The van der Waals surface area contributed by atoms with Crippen LogP contribution in [0.5, 0.6) is 0 Å². The van der Waals surface area contributed by atoms with Crippen molar-refractivity contribution < 1.29 is 8.42 Å². The number of thiazole rings is 1. The molecule has 2 N–H and O–H groups in total. The van der Waals surface area contributed by atoms with Crippen LogP contribution in [0.1, 0.15) is 40.3 Å². The average molecular weight is 328 g/mol. The van der Waals surface area contributed by atoms with Crippen LogP contribution in [0.2, 0.25) is 0 Å². The van der Waals surface area contributed by atoms with Gasteiger partial charge in [0.05, 0.1) is 22.1 Å². The first-order chi connectivity index (χ1) is 9.85. The number of aromatic nitrogens is 3. The largest absolute Gasteiger partial charge is 0.281 e. The highest BCUT2D eigenvalue weighted by atomic mass is 32.2. The minimum Gasteiger partial charge on any atom is -0.281 e. The van der Waals surface area contributed by atoms with Gasteiger partial charge in [-0.2, -0.15) is 5.10 Å². The van der Waals surface area contributed by atoms with Crippen molar-refractivity contribution in [1.29, 1.82) is 0 Å². The van der Waals surface area contributed by atoms with Gasteiger partial charge in [0.2, 0.25) is 10.0 Å². The van der Waals surface area contributed by atoms with Gasteiger partial charge in [0.15, 0.2) is 0 Å². The van der Waals surface area contributed by atoms with Crippen molar-refractivity contribution in [1.82, 2.24) is 19.9 Å². The summed E-state index contributed by atoms with van der Waals surface area (Å²) in [6.07, 6.45) is 1.96. The van der Waals surface area contributed by atoms with E-state index in [9.17, 15) is 8.42 Å². The molecule has 0 unspecified atom stereocenters. The molecule has 2 aromatic rings. The van der Waals surface area contributed by atoms with Gasteiger partial charge in [-0.1, -0.05) is 6.92 Å². The Morgan fingerprint density at radius 3 is 2.52 bits per heavy atom. The van der Waals surface area contributed by atoms with Crippen LogP contribution in [0.3, 0.4) is 0 Å². The Labute approximate surface area is 129 Å². The van der Waals surface area contributed by atoms with Crippen molar-refractivity contribution in [3.05, 3.63) is 27.0 Å². The van der Waals surface area contributed by atoms with E-state index in [4.69, 9.17) is 0 Å². The molecule has 8 heteroatoms. The fraction of sp³-hybridized carbons (Fsp3) is 0.538. The monoisotopic (exact) mass is 328 g/mol. The fourth-order valence-corrected chi connectivity index (χ4v) is 4.71. The average Bonchev–Trinajstić information content (AvgIpc) is 2.91. The van der Waals surface area contributed by atoms with E-state index in [0.29, 0.717) is 11.4 Å². The lowest BCUT2D eigenvalue weighted by Gasteiger charge is -2.06. The lowest BCUT2D eigenvalue weighted by Crippen LogP contribution is -2.24. The van der Waals surface area contributed by atoms with Crippen LogP contribution >= 0.6 is 11.3 Å². The predicted molar refractivity (Wildman–Crippen MR) is 82.9 cm³/mol. The summed E-state index contributed by atoms with van der Waals surface area (Å²) in [6, 6.07) is 0. The molecule has 0 aliphatic rings. The topological polar surface area (TPSA) is 87.7 Å². The number of aryl methyl sites for hydroxylation is 4. The number of aromatic amines is 1. The third-order valence-electron chi connectivity index (χ3n) is 3.15. The molecule has 0 saturated carbocycles. The van der Waals surface area contributed by atoms with Crippen LogP contribution in [-0.4, -0.2) is 23.6 Å². The first kappa shape index (κ1) is 16.1. The summed E-state index contributed by atoms with van der Waals surface area (Å²) in [5.74, 6) is 0. The number of sulfonamides is 1. The van der Waals surface area contributed by atoms with E-state index in [1.54, 1.807) is 25.2 Å². The standard InChI is InChI=1S/C13H20N4O2S2/c1-5-6-12-15-8(2)11(20-12)7-14-21(18,19)13-9(3)16-17-10(13)4/h14H,5-7H2,1-4H3,(H,16,17). The molecule has 0 radical (unpaired) electrons. The Morgan fingerprint density at radius 2 is 1.95 bits per heavy atom. The van der Waals surface area contributed by atoms with Crippen LogP contribution < -0.4 is 4.72 Å². The molecule has 0 amide bonds. The molecule has 0 spiro atoms. The summed E-state index contributed by atoms with van der Waals surface area (Å²) in [6.45, 7) is 7.65. The Balaban J connectivity index is 2.16. The normalized spacial score (nSPS) is 12.0. The zero-order chi connectivity index (χ0) is 15.6. The molecule has 0 fully saturated rings. The smallest absolute Gasteiger partial charge is 0.244 e. The third kappa shape index (κ3) is 3.50. The van der Waals surface area contributed by atoms with E-state index >= 15 is 0 Å². The van der Waals surface area contributed by atoms with Crippen LogP contribution in [0, 0.1) is 20.8 Å². The zero-order valence-electron chi connectivity index (χ0n) is 12.6. The first-order valence-electron chi connectivity index (χ1n) is 6.81. The number of nitrogens with one attached hydrogen (secondary N) is 2. The molecule has 0 bridgehead atoms. The second kappa shape index (κ2) is 6.25. The van der Waals surface area contributed by atoms with E-state index in [1.807, 2.05) is 6.92 Å². The highest BCUT2D eigenvalue weighted by Gasteiger charge is 2.22. The Bertz CT molecular complexity index is 712. The summed E-state index contributed by atoms with van der Waals surface area (Å²) in [7, 11) is -3.56. The first-order valence-corrected chi connectivity index (χ1v) is 9.11. The van der Waals surface area contributed by atoms with Crippen molar-refractivity contribution in [3.8, 4) is 0 Å². The second-order valence-corrected chi connectivity index (χ2v) is 7.83. The maximum atomic E-state index is 12.4. The predicted octanol–water partition coefficient (Wildman–Crippen LogP) is 2.22. The van der Waals surface area contributed by atoms with Gasteiger partial charge in [0, 0.05) is 11.4 Å². The molecular formula is C13H20N4O2S2. The van der Waals surface area contributed by atoms with Gasteiger partial charge in [-0.15, -0.1) is 11.3 Å². The lowest BCUT2D eigenvalue weighted by atomic mass is 10.3. The second-order valence-electron chi connectivity index (χ2n) is 4.95. The van der Waals surface area contributed by atoms with E-state index < -0.39 is 10.0 Å². The summed E-state index contributed by atoms with van der Waals surface area (Å²) < 4.78 is 27.4. The molecule has 0 aromatic carbocycles. The third-order valence-corrected chi connectivity index (χ3v) is 6.03. The molecular weight excluding hydrogens is 308 g/mol. The van der Waals surface area contributed by atoms with Crippen molar-refractivity contribution in [2.24, 2.45) is 0 Å². The van der Waals surface area contributed by atoms with Crippen LogP contribution in [-0.2, 0) is 23.0 Å². The summed E-state index contributed by atoms with van der Waals surface area (Å²) in [5.41, 5.74) is 1.92. The maximum absolute atomic E-state index is 12.4. The molecule has 0 aliphatic heterocycles. The Kier molecular flexibility index (Phi) is 4.80. The van der Waals surface area contributed by atoms with E-state index in [0.717, 1.165) is 28.4 Å². The van der Waals surface area contributed by atoms with Gasteiger partial charge in [-0.25, -0.2) is 18.1 Å². The van der Waals surface area contributed by atoms with Gasteiger partial charge >= 0.3 is 0 Å². The number of hydrogen-bond donors (Lipinski definition) is 2. The van der Waals surface area contributed by atoms with Crippen LogP contribution in [0.25, 0.3) is 0 Å². The molecule has 21 heavy (non-hydrogen) atoms. The fourth-order valence-electron chi connectivity index (χ4n) is 2.14. The van der Waals surface area contributed by atoms with Crippen LogP contribution in [0.4, 0.5) is 0 Å². The highest BCUT2D eigenvalue weighted by molar-refractivity contribution is 7.89. The Hall–Kier alpha value is -1.25. The van der Waals surface area contributed by atoms with Crippen molar-refractivity contribution >= 4 is 21.4 Å². The number of rotatable bonds is 6. The van der Waals surface area contributed by atoms with Gasteiger partial charge in [-0.05, 0) is 33.6 Å². The van der Waals surface area contributed by atoms with Crippen molar-refractivity contribution in [3.63, 3.8) is 0 Å². The Morgan fingerprint density at radius 1 is 1.24 bits per heavy atom. The highest BCUT2D eigenvalue weighted by Crippen LogP contribution is 2.21. The summed E-state index contributed by atoms with van der Waals surface area (Å²) >= 11 is 1.57. The van der Waals surface area contributed by atoms with Crippen LogP contribution in [0.15, 0.2) is 4.90 Å². The van der Waals surface area contributed by atoms with E-state index in [2.05, 4.69) is 26.8 Å². The minimum atomic E-state index is -3.56. The van der Waals surface area contributed by atoms with E-state index in [-0.39, 0.29) is 11.4 Å². The number of H-pyrrole nitrogens is 1. The molecule has 2 rings (SSSR count). The molecule has 2 heterocycles. The molecule has 0 saturated heterocycles. The molecule has 116 valence electrons. The van der Waals surface area contributed by atoms with Crippen molar-refractivity contribution in [2.75, 3.05) is 0 Å². The zero-order valence-corrected chi connectivity index (χ0v) is 14.3. The van der Waals surface area contributed by atoms with Gasteiger partial charge in [0.25, 0.3) is 0 Å². The molecule has 2 aromatic heterocycles. The van der Waals surface area contributed by atoms with E-state index in [1.165, 1.54) is 0 Å². The molecule has 0 atom stereocenters. The van der Waals surface area contributed by atoms with Gasteiger partial charge in [0.1, 0.15) is 4.90 Å². The molecule has 0 aliphatic carbocycles. The van der Waals surface area contributed by atoms with Gasteiger partial charge < -0.3 is 0 Å². The lowest BCUT2D eigenvalue weighted by molar-refractivity contribution is 0.580. The SMILES string of the molecule is CCCc1nc(C)c(CNS(=O)(=O)c2c(C)n[nH]c2C)s1.